The predicted molar refractivity (Wildman–Crippen MR) is 300 cm³/mol. The Bertz CT molecular complexity index is 2800. The van der Waals surface area contributed by atoms with Gasteiger partial charge in [0.25, 0.3) is 0 Å². The molecule has 0 heterocycles. The number of aryl methyl sites for hydroxylation is 6. The van der Waals surface area contributed by atoms with E-state index in [0.29, 0.717) is 0 Å². The lowest BCUT2D eigenvalue weighted by Crippen LogP contribution is -2.45. The molecule has 0 fully saturated rings. The van der Waals surface area contributed by atoms with Gasteiger partial charge in [0, 0.05) is 33.5 Å². The molecule has 0 radical (unpaired) electrons. The van der Waals surface area contributed by atoms with Gasteiger partial charge in [-0.3, -0.25) is 0 Å². The highest BCUT2D eigenvalue weighted by atomic mass is 28.3. The van der Waals surface area contributed by atoms with Gasteiger partial charge in [-0.25, -0.2) is 0 Å². The number of hydrogen-bond acceptors (Lipinski definition) is 2. The molecule has 0 spiro atoms. The molecule has 8 rings (SSSR count). The summed E-state index contributed by atoms with van der Waals surface area (Å²) in [5, 5.41) is 14.0. The summed E-state index contributed by atoms with van der Waals surface area (Å²) in [6, 6.07) is 44.1. The second kappa shape index (κ2) is 16.0. The molecular weight excluding hydrogens is 837 g/mol. The van der Waals surface area contributed by atoms with Crippen molar-refractivity contribution in [2.45, 2.75) is 120 Å². The fourth-order valence-corrected chi connectivity index (χ4v) is 14.9. The van der Waals surface area contributed by atoms with Crippen LogP contribution in [0.3, 0.4) is 0 Å². The molecule has 0 atom stereocenters. The lowest BCUT2D eigenvalue weighted by atomic mass is 9.88. The number of nitrogens with zero attached hydrogens (tertiary/aromatic N) is 2. The Hall–Kier alpha value is -4.73. The van der Waals surface area contributed by atoms with E-state index in [1.54, 1.807) is 0 Å². The third kappa shape index (κ3) is 8.59. The fourth-order valence-electron chi connectivity index (χ4n) is 9.90. The van der Waals surface area contributed by atoms with E-state index in [9.17, 15) is 0 Å². The maximum absolute atomic E-state index is 2.61. The average molecular weight is 910 g/mol. The smallest absolute Gasteiger partial charge is 0.0776 e. The Balaban J connectivity index is 1.50. The van der Waals surface area contributed by atoms with Crippen LogP contribution in [0.1, 0.15) is 33.4 Å². The third-order valence-electron chi connectivity index (χ3n) is 13.5. The molecule has 0 unspecified atom stereocenters. The van der Waals surface area contributed by atoms with Crippen LogP contribution in [0.5, 0.6) is 0 Å². The number of rotatable bonds is 10. The second-order valence-electron chi connectivity index (χ2n) is 23.4. The van der Waals surface area contributed by atoms with Gasteiger partial charge in [-0.05, 0) is 157 Å². The topological polar surface area (TPSA) is 6.48 Å². The van der Waals surface area contributed by atoms with Crippen molar-refractivity contribution in [3.8, 4) is 0 Å². The van der Waals surface area contributed by atoms with Crippen LogP contribution in [-0.2, 0) is 0 Å². The van der Waals surface area contributed by atoms with Gasteiger partial charge in [0.15, 0.2) is 0 Å². The summed E-state index contributed by atoms with van der Waals surface area (Å²) in [5.74, 6) is 0. The molecule has 330 valence electrons. The second-order valence-corrected chi connectivity index (χ2v) is 43.7. The molecule has 0 aliphatic heterocycles. The van der Waals surface area contributed by atoms with E-state index < -0.39 is 32.3 Å². The van der Waals surface area contributed by atoms with E-state index >= 15 is 0 Å². The molecular formula is C58H72N2Si4. The number of anilines is 6. The van der Waals surface area contributed by atoms with Crippen molar-refractivity contribution in [1.82, 2.24) is 0 Å². The van der Waals surface area contributed by atoms with Gasteiger partial charge in [0.1, 0.15) is 0 Å². The highest BCUT2D eigenvalue weighted by Crippen LogP contribution is 2.49. The zero-order chi connectivity index (χ0) is 46.6. The van der Waals surface area contributed by atoms with Crippen LogP contribution in [0.4, 0.5) is 34.1 Å². The van der Waals surface area contributed by atoms with Crippen molar-refractivity contribution < 1.29 is 0 Å². The highest BCUT2D eigenvalue weighted by molar-refractivity contribution is 6.92. The number of benzene rings is 8. The normalized spacial score (nSPS) is 12.8. The lowest BCUT2D eigenvalue weighted by molar-refractivity contribution is 1.26. The summed E-state index contributed by atoms with van der Waals surface area (Å²) in [5.41, 5.74) is 15.2. The van der Waals surface area contributed by atoms with Gasteiger partial charge in [0.2, 0.25) is 0 Å². The summed E-state index contributed by atoms with van der Waals surface area (Å²) >= 11 is 0. The fraction of sp³-hybridized carbons (Fsp3) is 0.310. The van der Waals surface area contributed by atoms with Crippen molar-refractivity contribution in [3.63, 3.8) is 0 Å². The van der Waals surface area contributed by atoms with Crippen LogP contribution in [-0.4, -0.2) is 32.3 Å². The molecule has 8 aromatic carbocycles. The molecule has 0 aromatic heterocycles. The van der Waals surface area contributed by atoms with E-state index in [0.717, 1.165) is 0 Å². The van der Waals surface area contributed by atoms with Gasteiger partial charge in [-0.1, -0.05) is 148 Å². The van der Waals surface area contributed by atoms with Crippen LogP contribution in [0.15, 0.2) is 109 Å². The Morgan fingerprint density at radius 2 is 0.531 bits per heavy atom. The molecule has 64 heavy (non-hydrogen) atoms. The van der Waals surface area contributed by atoms with Crippen LogP contribution in [0.2, 0.25) is 78.6 Å². The Kier molecular flexibility index (Phi) is 11.5. The average Bonchev–Trinajstić information content (AvgIpc) is 3.17. The van der Waals surface area contributed by atoms with Crippen molar-refractivity contribution in [1.29, 1.82) is 0 Å². The molecule has 0 aliphatic rings. The van der Waals surface area contributed by atoms with E-state index in [4.69, 9.17) is 0 Å². The summed E-state index contributed by atoms with van der Waals surface area (Å²) in [4.78, 5) is 5.23. The largest absolute Gasteiger partial charge is 0.310 e. The lowest BCUT2D eigenvalue weighted by Gasteiger charge is -2.33. The summed E-state index contributed by atoms with van der Waals surface area (Å²) in [6.07, 6.45) is 0. The summed E-state index contributed by atoms with van der Waals surface area (Å²) < 4.78 is 0. The van der Waals surface area contributed by atoms with Crippen LogP contribution in [0, 0.1) is 41.5 Å². The van der Waals surface area contributed by atoms with Crippen molar-refractivity contribution >= 4 is 119 Å². The highest BCUT2D eigenvalue weighted by Gasteiger charge is 2.30. The molecule has 0 N–H and O–H groups in total. The minimum absolute atomic E-state index is 1.22. The van der Waals surface area contributed by atoms with Gasteiger partial charge in [-0.2, -0.15) is 0 Å². The third-order valence-corrected chi connectivity index (χ3v) is 21.6. The SMILES string of the molecule is Cc1cc(C)cc(N(c2cc([Si](C)(C)C)cc([Si](C)(C)C)c2)c2cc(C)c3ccc4c(N(c5cc(C)cc(C)c5)c5cc([Si](C)(C)C)cc([Si](C)(C)C)c5)cc(C)c5ccc2c3c54)c1. The minimum atomic E-state index is -1.68. The van der Waals surface area contributed by atoms with Gasteiger partial charge in [0.05, 0.1) is 43.7 Å². The van der Waals surface area contributed by atoms with Crippen molar-refractivity contribution in [2.75, 3.05) is 9.80 Å². The van der Waals surface area contributed by atoms with Crippen LogP contribution in [0.25, 0.3) is 32.3 Å². The first-order valence-electron chi connectivity index (χ1n) is 23.5. The first-order chi connectivity index (χ1) is 29.7. The van der Waals surface area contributed by atoms with E-state index in [2.05, 4.69) is 239 Å². The monoisotopic (exact) mass is 908 g/mol. The Morgan fingerprint density at radius 1 is 0.281 bits per heavy atom. The Labute approximate surface area is 389 Å². The predicted octanol–water partition coefficient (Wildman–Crippen LogP) is 15.6. The molecule has 0 bridgehead atoms. The molecule has 0 saturated heterocycles. The molecule has 2 nitrogen and oxygen atoms in total. The van der Waals surface area contributed by atoms with Gasteiger partial charge in [-0.15, -0.1) is 0 Å². The number of hydrogen-bond donors (Lipinski definition) is 0. The standard InChI is InChI=1S/C58H72N2Si4/c1-37-23-38(2)26-43(25-37)59(45-31-47(61(7,8)9)35-48(32-45)62(10,11)12)55-29-41(5)51-20-22-54-56(30-42(6)52-19-21-53(55)57(51)58(52)54)60(44-27-39(3)24-40(4)28-44)46-33-49(63(13,14)15)36-50(34-46)64(16,17)18/h19-36H,1-18H3. The maximum Gasteiger partial charge on any atom is 0.0776 e. The van der Waals surface area contributed by atoms with Gasteiger partial charge < -0.3 is 9.80 Å². The van der Waals surface area contributed by atoms with Crippen molar-refractivity contribution in [2.24, 2.45) is 0 Å². The first kappa shape index (κ1) is 45.8. The van der Waals surface area contributed by atoms with Gasteiger partial charge >= 0.3 is 0 Å². The zero-order valence-electron chi connectivity index (χ0n) is 42.3. The molecule has 8 aromatic rings. The molecule has 0 aliphatic carbocycles. The zero-order valence-corrected chi connectivity index (χ0v) is 46.3. The quantitative estimate of drug-likeness (QED) is 0.0996. The molecule has 0 saturated carbocycles. The van der Waals surface area contributed by atoms with Crippen molar-refractivity contribution in [3.05, 3.63) is 143 Å². The van der Waals surface area contributed by atoms with E-state index in [1.807, 2.05) is 0 Å². The Morgan fingerprint density at radius 3 is 0.797 bits per heavy atom. The van der Waals surface area contributed by atoms with E-state index in [1.165, 1.54) is 121 Å². The minimum Gasteiger partial charge on any atom is -0.310 e. The van der Waals surface area contributed by atoms with Crippen LogP contribution < -0.4 is 30.5 Å². The van der Waals surface area contributed by atoms with E-state index in [-0.39, 0.29) is 0 Å². The summed E-state index contributed by atoms with van der Waals surface area (Å²) in [7, 11) is -6.73. The summed E-state index contributed by atoms with van der Waals surface area (Å²) in [6.45, 7) is 43.6. The maximum atomic E-state index is 2.61. The molecule has 0 amide bonds. The van der Waals surface area contributed by atoms with Crippen LogP contribution >= 0.6 is 0 Å². The molecule has 6 heteroatoms. The first-order valence-corrected chi connectivity index (χ1v) is 37.5.